The highest BCUT2D eigenvalue weighted by atomic mass is 32.2. The maximum atomic E-state index is 13.9. The van der Waals surface area contributed by atoms with Crippen molar-refractivity contribution in [1.82, 2.24) is 4.90 Å². The number of nitrogens with one attached hydrogen (secondary N) is 1. The smallest absolute Gasteiger partial charge is 0.229 e. The van der Waals surface area contributed by atoms with Gasteiger partial charge in [-0.3, -0.25) is 9.52 Å². The molecular weight excluding hydrogens is 512 g/mol. The number of ketones is 1. The Morgan fingerprint density at radius 2 is 1.64 bits per heavy atom. The first kappa shape index (κ1) is 19.3. The molecule has 0 bridgehead atoms. The van der Waals surface area contributed by atoms with Gasteiger partial charge in [-0.05, 0) is 81.1 Å². The third kappa shape index (κ3) is 9.39. The highest BCUT2D eigenvalue weighted by Crippen LogP contribution is 2.32. The van der Waals surface area contributed by atoms with E-state index in [1.807, 2.05) is 6.92 Å². The number of benzene rings is 2. The van der Waals surface area contributed by atoms with Crippen LogP contribution in [0, 0.1) is 0 Å². The van der Waals surface area contributed by atoms with Crippen LogP contribution in [0.4, 0.5) is 5.69 Å². The van der Waals surface area contributed by atoms with Crippen LogP contribution >= 0.6 is 0 Å². The molecule has 1 N–H and O–H groups in total. The number of hydrogen-bond acceptors (Lipinski definition) is 6. The molecule has 0 aliphatic carbocycles. The summed E-state index contributed by atoms with van der Waals surface area (Å²) in [5.74, 6) is -0.348. The van der Waals surface area contributed by atoms with Crippen molar-refractivity contribution in [2.45, 2.75) is 72.1 Å². The van der Waals surface area contributed by atoms with Crippen molar-refractivity contribution in [2.75, 3.05) is 37.0 Å². The van der Waals surface area contributed by atoms with Crippen LogP contribution in [-0.4, -0.2) is 51.4 Å². The molecule has 7 nitrogen and oxygen atoms in total. The van der Waals surface area contributed by atoms with E-state index < -0.39 is 48.2 Å². The van der Waals surface area contributed by atoms with Crippen molar-refractivity contribution in [3.63, 3.8) is 0 Å². The Kier molecular flexibility index (Phi) is 7.45. The summed E-state index contributed by atoms with van der Waals surface area (Å²) in [4.78, 5) is 14.0. The summed E-state index contributed by atoms with van der Waals surface area (Å²) in [6, 6.07) is 9.59. The average molecular weight is 567 g/mol. The van der Waals surface area contributed by atoms with Crippen LogP contribution in [0.2, 0.25) is 0 Å². The molecule has 0 radical (unpaired) electrons. The van der Waals surface area contributed by atoms with Crippen LogP contribution < -0.4 is 9.46 Å². The predicted molar refractivity (Wildman–Crippen MR) is 160 cm³/mol. The van der Waals surface area contributed by atoms with Crippen molar-refractivity contribution in [3.05, 3.63) is 59.4 Å². The summed E-state index contributed by atoms with van der Waals surface area (Å²) in [5.41, 5.74) is 0.951. The van der Waals surface area contributed by atoms with Crippen molar-refractivity contribution in [1.29, 1.82) is 0 Å². The maximum Gasteiger partial charge on any atom is 0.229 e. The van der Waals surface area contributed by atoms with Crippen LogP contribution in [0.15, 0.2) is 46.9 Å². The number of hydrogen-bond donors (Lipinski definition) is 1. The van der Waals surface area contributed by atoms with Crippen LogP contribution in [0.3, 0.4) is 0 Å². The molecule has 0 spiro atoms. The van der Waals surface area contributed by atoms with Gasteiger partial charge in [-0.1, -0.05) is 40.0 Å². The van der Waals surface area contributed by atoms with Gasteiger partial charge in [-0.2, -0.15) is 0 Å². The minimum absolute atomic E-state index is 0.125. The zero-order chi connectivity index (χ0) is 37.2. The van der Waals surface area contributed by atoms with E-state index in [1.54, 1.807) is 19.9 Å². The summed E-state index contributed by atoms with van der Waals surface area (Å²) in [6.45, 7) is -7.17. The second-order valence-corrected chi connectivity index (χ2v) is 10.8. The Labute approximate surface area is 248 Å². The number of nitrogens with zero attached hydrogens (tertiary/aromatic N) is 1. The Hall–Kier alpha value is -2.84. The molecule has 0 unspecified atom stereocenters. The fourth-order valence-corrected chi connectivity index (χ4v) is 4.31. The summed E-state index contributed by atoms with van der Waals surface area (Å²) in [6.07, 6.45) is -0.972. The van der Waals surface area contributed by atoms with Crippen molar-refractivity contribution in [3.8, 4) is 5.75 Å². The number of carbonyl (C=O) groups excluding carboxylic acids is 1. The topological polar surface area (TPSA) is 88.8 Å². The van der Waals surface area contributed by atoms with Gasteiger partial charge in [0.25, 0.3) is 0 Å². The molecule has 0 saturated heterocycles. The van der Waals surface area contributed by atoms with Crippen LogP contribution in [0.5, 0.6) is 5.75 Å². The Bertz CT molecular complexity index is 1710. The molecule has 0 fully saturated rings. The molecule has 0 aliphatic rings. The van der Waals surface area contributed by atoms with Gasteiger partial charge in [0.2, 0.25) is 10.0 Å². The second kappa shape index (κ2) is 15.1. The zero-order valence-corrected chi connectivity index (χ0v) is 23.7. The number of aryl methyl sites for hydroxylation is 1. The van der Waals surface area contributed by atoms with E-state index >= 15 is 0 Å². The molecule has 0 amide bonds. The quantitative estimate of drug-likeness (QED) is 0.166. The van der Waals surface area contributed by atoms with Crippen molar-refractivity contribution < 1.29 is 36.1 Å². The van der Waals surface area contributed by atoms with E-state index in [1.165, 1.54) is 36.4 Å². The lowest BCUT2D eigenvalue weighted by atomic mass is 9.98. The SMILES string of the molecule is [2H]C([2H])(CCC)N(C([2H])([2H])CCC)C([2H])([2H])C([2H])([2H])C([2H])([2H])Oc1ccc(C(=O)c2c(CCCC)oc3ccc(NS(C)(=O)=O)cc23)cc1. The first-order valence-electron chi connectivity index (χ1n) is 18.1. The van der Waals surface area contributed by atoms with Crippen molar-refractivity contribution >= 4 is 32.5 Å². The van der Waals surface area contributed by atoms with E-state index in [9.17, 15) is 13.2 Å². The lowest BCUT2D eigenvalue weighted by Gasteiger charge is -2.21. The van der Waals surface area contributed by atoms with Gasteiger partial charge < -0.3 is 14.1 Å². The van der Waals surface area contributed by atoms with Gasteiger partial charge in [0.15, 0.2) is 5.78 Å². The first-order chi connectivity index (χ1) is 22.5. The normalized spacial score (nSPS) is 17.5. The third-order valence-electron chi connectivity index (χ3n) is 5.59. The number of fused-ring (bicyclic) bond motifs is 1. The average Bonchev–Trinajstić information content (AvgIpc) is 3.31. The van der Waals surface area contributed by atoms with Crippen LogP contribution in [0.1, 0.15) is 101 Å². The van der Waals surface area contributed by atoms with Crippen molar-refractivity contribution in [2.24, 2.45) is 0 Å². The molecule has 8 heteroatoms. The van der Waals surface area contributed by atoms with Gasteiger partial charge in [0, 0.05) is 40.5 Å². The summed E-state index contributed by atoms with van der Waals surface area (Å²) >= 11 is 0. The molecule has 3 rings (SSSR count). The number of sulfonamides is 1. The minimum atomic E-state index is -3.63. The molecule has 39 heavy (non-hydrogen) atoms. The Morgan fingerprint density at radius 3 is 2.26 bits per heavy atom. The van der Waals surface area contributed by atoms with Gasteiger partial charge >= 0.3 is 0 Å². The number of unbranched alkanes of at least 4 members (excludes halogenated alkanes) is 1. The lowest BCUT2D eigenvalue weighted by molar-refractivity contribution is 0.103. The number of ether oxygens (including phenoxy) is 1. The summed E-state index contributed by atoms with van der Waals surface area (Å²) < 4.78 is 123. The molecule has 0 saturated carbocycles. The standard InChI is InChI=1S/C31H44N2O5S/c1-5-8-12-29-30(27-23-25(32-39(4,35)36)15-18-28(27)38-29)31(34)24-13-16-26(17-14-24)37-22-11-21-33(19-9-6-2)20-10-7-3/h13-18,23,32H,5-12,19-22H2,1-4H3/i11D2,19D2,20D2,21D2,22D2. The monoisotopic (exact) mass is 566 g/mol. The van der Waals surface area contributed by atoms with E-state index in [2.05, 4.69) is 4.72 Å². The van der Waals surface area contributed by atoms with Crippen LogP contribution in [-0.2, 0) is 16.4 Å². The van der Waals surface area contributed by atoms with Crippen LogP contribution in [0.25, 0.3) is 11.0 Å². The zero-order valence-electron chi connectivity index (χ0n) is 32.9. The maximum absolute atomic E-state index is 13.9. The van der Waals surface area contributed by atoms with E-state index in [4.69, 9.17) is 22.9 Å². The Morgan fingerprint density at radius 1 is 0.974 bits per heavy atom. The third-order valence-corrected chi connectivity index (χ3v) is 6.20. The predicted octanol–water partition coefficient (Wildman–Crippen LogP) is 7.05. The number of anilines is 1. The highest BCUT2D eigenvalue weighted by molar-refractivity contribution is 7.92. The van der Waals surface area contributed by atoms with Gasteiger partial charge in [0.1, 0.15) is 17.1 Å². The number of carbonyl (C=O) groups is 1. The fraction of sp³-hybridized carbons (Fsp3) is 0.516. The highest BCUT2D eigenvalue weighted by Gasteiger charge is 2.22. The number of furan rings is 1. The van der Waals surface area contributed by atoms with Gasteiger partial charge in [0.05, 0.1) is 21.1 Å². The first-order valence-corrected chi connectivity index (χ1v) is 15.0. The largest absolute Gasteiger partial charge is 0.494 e. The van der Waals surface area contributed by atoms with E-state index in [0.29, 0.717) is 29.6 Å². The molecule has 1 heterocycles. The lowest BCUT2D eigenvalue weighted by Crippen LogP contribution is -2.28. The summed E-state index contributed by atoms with van der Waals surface area (Å²) in [5, 5.41) is 0.382. The second-order valence-electron chi connectivity index (χ2n) is 9.04. The molecular formula is C31H44N2O5S. The minimum Gasteiger partial charge on any atom is -0.494 e. The molecule has 0 atom stereocenters. The molecule has 3 aromatic rings. The fourth-order valence-electron chi connectivity index (χ4n) is 3.75. The molecule has 2 aromatic carbocycles. The molecule has 214 valence electrons. The summed E-state index contributed by atoms with van der Waals surface area (Å²) in [7, 11) is -3.60. The molecule has 0 aliphatic heterocycles. The number of rotatable bonds is 18. The van der Waals surface area contributed by atoms with Gasteiger partial charge in [-0.15, -0.1) is 0 Å². The van der Waals surface area contributed by atoms with E-state index in [-0.39, 0.29) is 53.1 Å². The van der Waals surface area contributed by atoms with Gasteiger partial charge in [-0.25, -0.2) is 8.42 Å². The van der Waals surface area contributed by atoms with E-state index in [0.717, 1.165) is 12.7 Å². The Balaban J connectivity index is 1.99. The molecule has 1 aromatic heterocycles.